The SMILES string of the molecule is Cc1cccc(-n2c(C)cc(C#N)c2C)c1C. The Morgan fingerprint density at radius 2 is 1.82 bits per heavy atom. The fraction of sp³-hybridized carbons (Fsp3) is 0.267. The van der Waals surface area contributed by atoms with Crippen LogP contribution in [0.2, 0.25) is 0 Å². The lowest BCUT2D eigenvalue weighted by atomic mass is 10.1. The molecule has 1 aromatic carbocycles. The molecule has 0 atom stereocenters. The topological polar surface area (TPSA) is 28.7 Å². The zero-order chi connectivity index (χ0) is 12.6. The second kappa shape index (κ2) is 4.10. The Balaban J connectivity index is 2.74. The predicted octanol–water partition coefficient (Wildman–Crippen LogP) is 3.58. The van der Waals surface area contributed by atoms with Crippen LogP contribution in [-0.2, 0) is 0 Å². The van der Waals surface area contributed by atoms with Crippen molar-refractivity contribution in [2.24, 2.45) is 0 Å². The van der Waals surface area contributed by atoms with Gasteiger partial charge in [0.25, 0.3) is 0 Å². The molecule has 0 aliphatic carbocycles. The standard InChI is InChI=1S/C15H16N2/c1-10-6-5-7-15(12(10)3)17-11(2)8-14(9-16)13(17)4/h5-8H,1-4H3. The normalized spacial score (nSPS) is 10.3. The molecule has 0 unspecified atom stereocenters. The third-order valence-electron chi connectivity index (χ3n) is 3.37. The van der Waals surface area contributed by atoms with Crippen molar-refractivity contribution in [1.29, 1.82) is 5.26 Å². The lowest BCUT2D eigenvalue weighted by Gasteiger charge is -2.14. The van der Waals surface area contributed by atoms with Gasteiger partial charge < -0.3 is 4.57 Å². The second-order valence-corrected chi connectivity index (χ2v) is 4.45. The van der Waals surface area contributed by atoms with Crippen molar-refractivity contribution in [2.75, 3.05) is 0 Å². The highest BCUT2D eigenvalue weighted by molar-refractivity contribution is 5.51. The Labute approximate surface area is 102 Å². The molecule has 86 valence electrons. The number of nitrogens with zero attached hydrogens (tertiary/aromatic N) is 2. The summed E-state index contributed by atoms with van der Waals surface area (Å²) in [4.78, 5) is 0. The Morgan fingerprint density at radius 3 is 2.41 bits per heavy atom. The lowest BCUT2D eigenvalue weighted by Crippen LogP contribution is -2.02. The maximum absolute atomic E-state index is 9.06. The fourth-order valence-electron chi connectivity index (χ4n) is 2.22. The molecule has 0 bridgehead atoms. The number of hydrogen-bond donors (Lipinski definition) is 0. The highest BCUT2D eigenvalue weighted by atomic mass is 15.0. The van der Waals surface area contributed by atoms with E-state index < -0.39 is 0 Å². The highest BCUT2D eigenvalue weighted by Gasteiger charge is 2.12. The van der Waals surface area contributed by atoms with Gasteiger partial charge in [-0.15, -0.1) is 0 Å². The minimum absolute atomic E-state index is 0.753. The van der Waals surface area contributed by atoms with Crippen LogP contribution < -0.4 is 0 Å². The van der Waals surface area contributed by atoms with Gasteiger partial charge in [0.15, 0.2) is 0 Å². The molecule has 0 aliphatic rings. The van der Waals surface area contributed by atoms with E-state index in [2.05, 4.69) is 42.7 Å². The smallest absolute Gasteiger partial charge is 0.101 e. The third kappa shape index (κ3) is 1.74. The van der Waals surface area contributed by atoms with E-state index >= 15 is 0 Å². The molecule has 0 saturated heterocycles. The minimum atomic E-state index is 0.753. The summed E-state index contributed by atoms with van der Waals surface area (Å²) in [7, 11) is 0. The van der Waals surface area contributed by atoms with Crippen molar-refractivity contribution < 1.29 is 0 Å². The van der Waals surface area contributed by atoms with Crippen molar-refractivity contribution in [2.45, 2.75) is 27.7 Å². The van der Waals surface area contributed by atoms with Gasteiger partial charge in [-0.2, -0.15) is 5.26 Å². The van der Waals surface area contributed by atoms with E-state index in [1.165, 1.54) is 16.8 Å². The Hall–Kier alpha value is -2.01. The van der Waals surface area contributed by atoms with E-state index in [9.17, 15) is 0 Å². The zero-order valence-electron chi connectivity index (χ0n) is 10.7. The fourth-order valence-corrected chi connectivity index (χ4v) is 2.22. The molecule has 0 amide bonds. The lowest BCUT2D eigenvalue weighted by molar-refractivity contribution is 0.949. The number of rotatable bonds is 1. The molecular formula is C15H16N2. The van der Waals surface area contributed by atoms with Crippen LogP contribution in [0.4, 0.5) is 0 Å². The van der Waals surface area contributed by atoms with Crippen molar-refractivity contribution in [3.63, 3.8) is 0 Å². The number of nitriles is 1. The molecule has 2 nitrogen and oxygen atoms in total. The second-order valence-electron chi connectivity index (χ2n) is 4.45. The monoisotopic (exact) mass is 224 g/mol. The van der Waals surface area contributed by atoms with Gasteiger partial charge in [-0.05, 0) is 51.0 Å². The van der Waals surface area contributed by atoms with Gasteiger partial charge in [-0.1, -0.05) is 12.1 Å². The number of benzene rings is 1. The van der Waals surface area contributed by atoms with Gasteiger partial charge in [0, 0.05) is 17.1 Å². The van der Waals surface area contributed by atoms with E-state index in [-0.39, 0.29) is 0 Å². The summed E-state index contributed by atoms with van der Waals surface area (Å²) >= 11 is 0. The maximum Gasteiger partial charge on any atom is 0.101 e. The molecule has 2 rings (SSSR count). The summed E-state index contributed by atoms with van der Waals surface area (Å²) in [5.41, 5.74) is 6.57. The third-order valence-corrected chi connectivity index (χ3v) is 3.37. The summed E-state index contributed by atoms with van der Waals surface area (Å²) in [6, 6.07) is 10.4. The van der Waals surface area contributed by atoms with E-state index in [4.69, 9.17) is 5.26 Å². The molecule has 0 saturated carbocycles. The predicted molar refractivity (Wildman–Crippen MR) is 69.4 cm³/mol. The summed E-state index contributed by atoms with van der Waals surface area (Å²) < 4.78 is 2.15. The molecule has 0 radical (unpaired) electrons. The van der Waals surface area contributed by atoms with Crippen LogP contribution in [0.5, 0.6) is 0 Å². The quantitative estimate of drug-likeness (QED) is 0.727. The Kier molecular flexibility index (Phi) is 2.77. The van der Waals surface area contributed by atoms with Crippen molar-refractivity contribution in [1.82, 2.24) is 4.57 Å². The van der Waals surface area contributed by atoms with Crippen molar-refractivity contribution in [3.05, 3.63) is 52.3 Å². The van der Waals surface area contributed by atoms with Crippen molar-refractivity contribution in [3.8, 4) is 11.8 Å². The van der Waals surface area contributed by atoms with Gasteiger partial charge in [0.05, 0.1) is 5.56 Å². The summed E-state index contributed by atoms with van der Waals surface area (Å²) in [6.07, 6.45) is 0. The molecule has 2 aromatic rings. The van der Waals surface area contributed by atoms with Gasteiger partial charge >= 0.3 is 0 Å². The van der Waals surface area contributed by atoms with Gasteiger partial charge in [-0.3, -0.25) is 0 Å². The molecule has 0 fully saturated rings. The molecular weight excluding hydrogens is 208 g/mol. The molecule has 0 spiro atoms. The van der Waals surface area contributed by atoms with Gasteiger partial charge in [0.1, 0.15) is 6.07 Å². The molecule has 0 N–H and O–H groups in total. The van der Waals surface area contributed by atoms with E-state index in [0.29, 0.717) is 0 Å². The minimum Gasteiger partial charge on any atom is -0.317 e. The number of hydrogen-bond acceptors (Lipinski definition) is 1. The summed E-state index contributed by atoms with van der Waals surface area (Å²) in [6.45, 7) is 8.26. The summed E-state index contributed by atoms with van der Waals surface area (Å²) in [5.74, 6) is 0. The molecule has 1 aromatic heterocycles. The molecule has 2 heteroatoms. The van der Waals surface area contributed by atoms with Crippen LogP contribution in [0.25, 0.3) is 5.69 Å². The van der Waals surface area contributed by atoms with Crippen LogP contribution in [0.3, 0.4) is 0 Å². The Morgan fingerprint density at radius 1 is 1.12 bits per heavy atom. The molecule has 1 heterocycles. The first-order chi connectivity index (χ1) is 8.06. The first-order valence-corrected chi connectivity index (χ1v) is 5.72. The average molecular weight is 224 g/mol. The van der Waals surface area contributed by atoms with Crippen LogP contribution >= 0.6 is 0 Å². The van der Waals surface area contributed by atoms with Crippen LogP contribution in [-0.4, -0.2) is 4.57 Å². The maximum atomic E-state index is 9.06. The Bertz CT molecular complexity index is 613. The zero-order valence-corrected chi connectivity index (χ0v) is 10.7. The first kappa shape index (κ1) is 11.5. The first-order valence-electron chi connectivity index (χ1n) is 5.72. The molecule has 0 aliphatic heterocycles. The number of aromatic nitrogens is 1. The summed E-state index contributed by atoms with van der Waals surface area (Å²) in [5, 5.41) is 9.06. The molecule has 17 heavy (non-hydrogen) atoms. The highest BCUT2D eigenvalue weighted by Crippen LogP contribution is 2.24. The van der Waals surface area contributed by atoms with Gasteiger partial charge in [-0.25, -0.2) is 0 Å². The van der Waals surface area contributed by atoms with E-state index in [1.54, 1.807) is 0 Å². The van der Waals surface area contributed by atoms with Gasteiger partial charge in [0.2, 0.25) is 0 Å². The van der Waals surface area contributed by atoms with E-state index in [1.807, 2.05) is 19.9 Å². The van der Waals surface area contributed by atoms with Crippen LogP contribution in [0.1, 0.15) is 28.1 Å². The van der Waals surface area contributed by atoms with E-state index in [0.717, 1.165) is 17.0 Å². The largest absolute Gasteiger partial charge is 0.317 e. The average Bonchev–Trinajstić information content (AvgIpc) is 2.58. The van der Waals surface area contributed by atoms with Crippen LogP contribution in [0.15, 0.2) is 24.3 Å². The van der Waals surface area contributed by atoms with Crippen LogP contribution in [0, 0.1) is 39.0 Å². The van der Waals surface area contributed by atoms with Crippen molar-refractivity contribution >= 4 is 0 Å². The number of aryl methyl sites for hydroxylation is 2.